The number of para-hydroxylation sites is 1. The standard InChI is InChI=1S/C18H20N2O2S/c1-13-14(10-22-15-7-3-2-4-8-15)6-5-9-16(13)20-18(21)17-11-23-12-19-17/h2-9,17,19H,10-12H2,1H3,(H,20,21)/t17-/m1/s1. The molecule has 0 bridgehead atoms. The molecule has 0 radical (unpaired) electrons. The summed E-state index contributed by atoms with van der Waals surface area (Å²) in [6, 6.07) is 15.5. The van der Waals surface area contributed by atoms with E-state index in [0.717, 1.165) is 34.2 Å². The molecular weight excluding hydrogens is 308 g/mol. The third-order valence-electron chi connectivity index (χ3n) is 3.87. The van der Waals surface area contributed by atoms with Crippen molar-refractivity contribution in [2.75, 3.05) is 16.9 Å². The predicted octanol–water partition coefficient (Wildman–Crippen LogP) is 3.18. The Hall–Kier alpha value is -1.98. The van der Waals surface area contributed by atoms with Crippen molar-refractivity contribution in [3.05, 3.63) is 59.7 Å². The maximum absolute atomic E-state index is 12.2. The molecule has 5 heteroatoms. The van der Waals surface area contributed by atoms with Crippen LogP contribution in [-0.2, 0) is 11.4 Å². The number of nitrogens with one attached hydrogen (secondary N) is 2. The van der Waals surface area contributed by atoms with E-state index in [1.165, 1.54) is 0 Å². The van der Waals surface area contributed by atoms with Gasteiger partial charge in [-0.25, -0.2) is 0 Å². The molecule has 2 aromatic carbocycles. The van der Waals surface area contributed by atoms with Crippen molar-refractivity contribution in [3.8, 4) is 5.75 Å². The van der Waals surface area contributed by atoms with Gasteiger partial charge in [-0.05, 0) is 36.2 Å². The zero-order chi connectivity index (χ0) is 16.1. The molecule has 2 aromatic rings. The van der Waals surface area contributed by atoms with Crippen LogP contribution in [0.25, 0.3) is 0 Å². The molecule has 0 unspecified atom stereocenters. The van der Waals surface area contributed by atoms with E-state index in [-0.39, 0.29) is 11.9 Å². The Morgan fingerprint density at radius 2 is 2.09 bits per heavy atom. The average molecular weight is 328 g/mol. The van der Waals surface area contributed by atoms with E-state index in [2.05, 4.69) is 10.6 Å². The fraction of sp³-hybridized carbons (Fsp3) is 0.278. The van der Waals surface area contributed by atoms with Gasteiger partial charge in [-0.2, -0.15) is 0 Å². The molecule has 1 amide bonds. The van der Waals surface area contributed by atoms with Crippen LogP contribution in [0.3, 0.4) is 0 Å². The lowest BCUT2D eigenvalue weighted by Crippen LogP contribution is -2.37. The largest absolute Gasteiger partial charge is 0.489 e. The summed E-state index contributed by atoms with van der Waals surface area (Å²) >= 11 is 1.74. The van der Waals surface area contributed by atoms with E-state index >= 15 is 0 Å². The van der Waals surface area contributed by atoms with Crippen molar-refractivity contribution in [2.24, 2.45) is 0 Å². The van der Waals surface area contributed by atoms with Crippen LogP contribution in [0.4, 0.5) is 5.69 Å². The van der Waals surface area contributed by atoms with Gasteiger partial charge in [0.25, 0.3) is 0 Å². The number of ether oxygens (including phenoxy) is 1. The first-order chi connectivity index (χ1) is 11.2. The Labute approximate surface area is 140 Å². The van der Waals surface area contributed by atoms with Gasteiger partial charge in [0.05, 0.1) is 6.04 Å². The summed E-state index contributed by atoms with van der Waals surface area (Å²) in [6.07, 6.45) is 0. The summed E-state index contributed by atoms with van der Waals surface area (Å²) in [5.41, 5.74) is 2.96. The van der Waals surface area contributed by atoms with Crippen molar-refractivity contribution >= 4 is 23.4 Å². The molecule has 0 saturated carbocycles. The number of carbonyl (C=O) groups is 1. The zero-order valence-electron chi connectivity index (χ0n) is 13.0. The molecule has 2 N–H and O–H groups in total. The monoisotopic (exact) mass is 328 g/mol. The normalized spacial score (nSPS) is 17.0. The molecule has 1 atom stereocenters. The van der Waals surface area contributed by atoms with Crippen molar-refractivity contribution < 1.29 is 9.53 Å². The lowest BCUT2D eigenvalue weighted by atomic mass is 10.1. The molecule has 1 aliphatic heterocycles. The Morgan fingerprint density at radius 3 is 2.83 bits per heavy atom. The first kappa shape index (κ1) is 15.9. The quantitative estimate of drug-likeness (QED) is 0.885. The minimum atomic E-state index is -0.108. The highest BCUT2D eigenvalue weighted by Gasteiger charge is 2.22. The summed E-state index contributed by atoms with van der Waals surface area (Å²) in [5, 5.41) is 6.20. The highest BCUT2D eigenvalue weighted by Crippen LogP contribution is 2.22. The molecule has 120 valence electrons. The van der Waals surface area contributed by atoms with Crippen LogP contribution in [0.2, 0.25) is 0 Å². The Balaban J connectivity index is 1.66. The number of rotatable bonds is 5. The summed E-state index contributed by atoms with van der Waals surface area (Å²) in [5.74, 6) is 2.52. The highest BCUT2D eigenvalue weighted by atomic mass is 32.2. The van der Waals surface area contributed by atoms with E-state index in [9.17, 15) is 4.79 Å². The number of amides is 1. The second-order valence-electron chi connectivity index (χ2n) is 5.45. The van der Waals surface area contributed by atoms with Gasteiger partial charge in [0.15, 0.2) is 0 Å². The maximum atomic E-state index is 12.2. The van der Waals surface area contributed by atoms with Crippen LogP contribution < -0.4 is 15.4 Å². The summed E-state index contributed by atoms with van der Waals surface area (Å²) in [7, 11) is 0. The van der Waals surface area contributed by atoms with E-state index < -0.39 is 0 Å². The number of benzene rings is 2. The van der Waals surface area contributed by atoms with Gasteiger partial charge in [0.1, 0.15) is 12.4 Å². The summed E-state index contributed by atoms with van der Waals surface area (Å²) < 4.78 is 5.80. The topological polar surface area (TPSA) is 50.4 Å². The van der Waals surface area contributed by atoms with Gasteiger partial charge < -0.3 is 10.1 Å². The number of carbonyl (C=O) groups excluding carboxylic acids is 1. The van der Waals surface area contributed by atoms with Crippen LogP contribution in [0, 0.1) is 6.92 Å². The van der Waals surface area contributed by atoms with Gasteiger partial charge in [-0.3, -0.25) is 10.1 Å². The Kier molecular flexibility index (Phi) is 5.20. The molecular formula is C18H20N2O2S. The molecule has 3 rings (SSSR count). The van der Waals surface area contributed by atoms with Gasteiger partial charge in [0.2, 0.25) is 5.91 Å². The minimum absolute atomic E-state index is 0.0271. The fourth-order valence-corrected chi connectivity index (χ4v) is 3.38. The van der Waals surface area contributed by atoms with Crippen molar-refractivity contribution in [1.29, 1.82) is 0 Å². The number of hydrogen-bond donors (Lipinski definition) is 2. The fourth-order valence-electron chi connectivity index (χ4n) is 2.44. The molecule has 1 aliphatic rings. The van der Waals surface area contributed by atoms with E-state index in [4.69, 9.17) is 4.74 Å². The van der Waals surface area contributed by atoms with Crippen LogP contribution in [0.15, 0.2) is 48.5 Å². The van der Waals surface area contributed by atoms with E-state index in [1.807, 2.05) is 55.5 Å². The van der Waals surface area contributed by atoms with Gasteiger partial charge in [0, 0.05) is 17.3 Å². The summed E-state index contributed by atoms with van der Waals surface area (Å²) in [4.78, 5) is 12.2. The molecule has 23 heavy (non-hydrogen) atoms. The molecule has 0 aromatic heterocycles. The lowest BCUT2D eigenvalue weighted by molar-refractivity contribution is -0.117. The van der Waals surface area contributed by atoms with E-state index in [1.54, 1.807) is 11.8 Å². The number of hydrogen-bond acceptors (Lipinski definition) is 4. The second kappa shape index (κ2) is 7.53. The van der Waals surface area contributed by atoms with Crippen LogP contribution in [0.1, 0.15) is 11.1 Å². The number of thioether (sulfide) groups is 1. The molecule has 1 fully saturated rings. The molecule has 1 heterocycles. The third-order valence-corrected chi connectivity index (χ3v) is 4.81. The Morgan fingerprint density at radius 1 is 1.26 bits per heavy atom. The summed E-state index contributed by atoms with van der Waals surface area (Å²) in [6.45, 7) is 2.49. The third kappa shape index (κ3) is 4.06. The van der Waals surface area contributed by atoms with Gasteiger partial charge >= 0.3 is 0 Å². The molecule has 0 spiro atoms. The first-order valence-corrected chi connectivity index (χ1v) is 8.78. The van der Waals surface area contributed by atoms with Crippen LogP contribution >= 0.6 is 11.8 Å². The Bertz CT molecular complexity index is 670. The molecule has 4 nitrogen and oxygen atoms in total. The van der Waals surface area contributed by atoms with Crippen LogP contribution in [0.5, 0.6) is 5.75 Å². The minimum Gasteiger partial charge on any atom is -0.489 e. The molecule has 0 aliphatic carbocycles. The number of anilines is 1. The van der Waals surface area contributed by atoms with Crippen LogP contribution in [-0.4, -0.2) is 23.6 Å². The van der Waals surface area contributed by atoms with Gasteiger partial charge in [-0.15, -0.1) is 11.8 Å². The zero-order valence-corrected chi connectivity index (χ0v) is 13.9. The highest BCUT2D eigenvalue weighted by molar-refractivity contribution is 7.99. The first-order valence-electron chi connectivity index (χ1n) is 7.62. The average Bonchev–Trinajstić information content (AvgIpc) is 3.11. The predicted molar refractivity (Wildman–Crippen MR) is 94.8 cm³/mol. The second-order valence-corrected chi connectivity index (χ2v) is 6.48. The van der Waals surface area contributed by atoms with Crippen molar-refractivity contribution in [1.82, 2.24) is 5.32 Å². The maximum Gasteiger partial charge on any atom is 0.242 e. The van der Waals surface area contributed by atoms with Crippen molar-refractivity contribution in [2.45, 2.75) is 19.6 Å². The van der Waals surface area contributed by atoms with Gasteiger partial charge in [-0.1, -0.05) is 30.3 Å². The SMILES string of the molecule is Cc1c(COc2ccccc2)cccc1NC(=O)[C@H]1CSCN1. The molecule has 1 saturated heterocycles. The van der Waals surface area contributed by atoms with Crippen molar-refractivity contribution in [3.63, 3.8) is 0 Å². The lowest BCUT2D eigenvalue weighted by Gasteiger charge is -2.15. The smallest absolute Gasteiger partial charge is 0.242 e. The van der Waals surface area contributed by atoms with E-state index in [0.29, 0.717) is 6.61 Å².